The third-order valence-corrected chi connectivity index (χ3v) is 6.44. The van der Waals surface area contributed by atoms with Crippen LogP contribution in [0.25, 0.3) is 0 Å². The standard InChI is InChI=1S/C19H28N4O/c1-13-14(2)20-15(3)21-17(13)22-10-6-19(7-11-22)12-16(19)18(24)23-8-4-5-9-23/h16H,4-12H2,1-3H3/t16-/m0/s1. The van der Waals surface area contributed by atoms with E-state index in [0.717, 1.165) is 62.8 Å². The lowest BCUT2D eigenvalue weighted by Crippen LogP contribution is -2.38. The van der Waals surface area contributed by atoms with Crippen LogP contribution in [0.1, 0.15) is 49.2 Å². The second kappa shape index (κ2) is 5.71. The Morgan fingerprint density at radius 2 is 1.71 bits per heavy atom. The molecule has 5 nitrogen and oxygen atoms in total. The average molecular weight is 328 g/mol. The van der Waals surface area contributed by atoms with Crippen molar-refractivity contribution >= 4 is 11.7 Å². The van der Waals surface area contributed by atoms with E-state index >= 15 is 0 Å². The van der Waals surface area contributed by atoms with Crippen molar-refractivity contribution in [3.63, 3.8) is 0 Å². The number of nitrogens with zero attached hydrogens (tertiary/aromatic N) is 4. The minimum atomic E-state index is 0.293. The van der Waals surface area contributed by atoms with Crippen molar-refractivity contribution in [2.24, 2.45) is 11.3 Å². The lowest BCUT2D eigenvalue weighted by molar-refractivity contribution is -0.132. The third kappa shape index (κ3) is 2.58. The zero-order valence-corrected chi connectivity index (χ0v) is 15.1. The largest absolute Gasteiger partial charge is 0.356 e. The molecule has 130 valence electrons. The topological polar surface area (TPSA) is 49.3 Å². The van der Waals surface area contributed by atoms with Gasteiger partial charge in [-0.1, -0.05) is 0 Å². The van der Waals surface area contributed by atoms with E-state index in [1.807, 2.05) is 6.92 Å². The number of rotatable bonds is 2. The van der Waals surface area contributed by atoms with Crippen LogP contribution in [-0.2, 0) is 4.79 Å². The fourth-order valence-corrected chi connectivity index (χ4v) is 4.63. The normalized spacial score (nSPS) is 25.4. The molecule has 1 aromatic rings. The molecule has 2 saturated heterocycles. The monoisotopic (exact) mass is 328 g/mol. The van der Waals surface area contributed by atoms with Gasteiger partial charge < -0.3 is 9.80 Å². The smallest absolute Gasteiger partial charge is 0.226 e. The quantitative estimate of drug-likeness (QED) is 0.837. The molecule has 0 aromatic carbocycles. The highest BCUT2D eigenvalue weighted by Gasteiger charge is 2.59. The Labute approximate surface area is 144 Å². The van der Waals surface area contributed by atoms with Crippen LogP contribution in [0.5, 0.6) is 0 Å². The molecular formula is C19H28N4O. The van der Waals surface area contributed by atoms with Crippen molar-refractivity contribution in [3.05, 3.63) is 17.1 Å². The van der Waals surface area contributed by atoms with Crippen molar-refractivity contribution in [2.75, 3.05) is 31.1 Å². The van der Waals surface area contributed by atoms with E-state index in [9.17, 15) is 4.79 Å². The number of carbonyl (C=O) groups is 1. The molecule has 3 heterocycles. The van der Waals surface area contributed by atoms with Gasteiger partial charge in [0.1, 0.15) is 11.6 Å². The molecule has 0 unspecified atom stereocenters. The average Bonchev–Trinajstić information content (AvgIpc) is 3.00. The predicted octanol–water partition coefficient (Wildman–Crippen LogP) is 2.63. The van der Waals surface area contributed by atoms with Gasteiger partial charge in [-0.3, -0.25) is 4.79 Å². The van der Waals surface area contributed by atoms with Gasteiger partial charge in [0.2, 0.25) is 5.91 Å². The van der Waals surface area contributed by atoms with E-state index in [1.165, 1.54) is 18.4 Å². The third-order valence-electron chi connectivity index (χ3n) is 6.44. The molecule has 1 aromatic heterocycles. The summed E-state index contributed by atoms with van der Waals surface area (Å²) in [5.41, 5.74) is 2.56. The number of aromatic nitrogens is 2. The molecule has 1 amide bonds. The Bertz CT molecular complexity index is 658. The molecule has 1 aliphatic carbocycles. The maximum Gasteiger partial charge on any atom is 0.226 e. The summed E-state index contributed by atoms with van der Waals surface area (Å²) in [7, 11) is 0. The fraction of sp³-hybridized carbons (Fsp3) is 0.737. The first kappa shape index (κ1) is 15.9. The highest BCUT2D eigenvalue weighted by molar-refractivity contribution is 5.83. The van der Waals surface area contributed by atoms with E-state index in [1.54, 1.807) is 0 Å². The Balaban J connectivity index is 1.42. The first-order valence-electron chi connectivity index (χ1n) is 9.36. The zero-order valence-electron chi connectivity index (χ0n) is 15.1. The summed E-state index contributed by atoms with van der Waals surface area (Å²) >= 11 is 0. The molecule has 0 N–H and O–H groups in total. The van der Waals surface area contributed by atoms with E-state index in [2.05, 4.69) is 33.6 Å². The lowest BCUT2D eigenvalue weighted by Gasteiger charge is -2.35. The molecule has 3 aliphatic rings. The van der Waals surface area contributed by atoms with Crippen molar-refractivity contribution in [3.8, 4) is 0 Å². The fourth-order valence-electron chi connectivity index (χ4n) is 4.63. The Morgan fingerprint density at radius 1 is 1.04 bits per heavy atom. The maximum absolute atomic E-state index is 12.7. The number of anilines is 1. The van der Waals surface area contributed by atoms with Crippen molar-refractivity contribution in [1.29, 1.82) is 0 Å². The van der Waals surface area contributed by atoms with Gasteiger partial charge >= 0.3 is 0 Å². The molecule has 0 bridgehead atoms. The molecule has 0 radical (unpaired) electrons. The highest BCUT2D eigenvalue weighted by Crippen LogP contribution is 2.60. The second-order valence-electron chi connectivity index (χ2n) is 7.94. The molecule has 3 fully saturated rings. The van der Waals surface area contributed by atoms with Crippen LogP contribution in [0, 0.1) is 32.1 Å². The number of piperidine rings is 1. The SMILES string of the molecule is Cc1nc(C)c(C)c(N2CCC3(CC2)C[C@H]3C(=O)N2CCCC2)n1. The second-order valence-corrected chi connectivity index (χ2v) is 7.94. The lowest BCUT2D eigenvalue weighted by atomic mass is 9.90. The molecular weight excluding hydrogens is 300 g/mol. The highest BCUT2D eigenvalue weighted by atomic mass is 16.2. The van der Waals surface area contributed by atoms with E-state index in [4.69, 9.17) is 0 Å². The Morgan fingerprint density at radius 3 is 2.38 bits per heavy atom. The summed E-state index contributed by atoms with van der Waals surface area (Å²) in [6.07, 6.45) is 5.73. The first-order chi connectivity index (χ1) is 11.5. The van der Waals surface area contributed by atoms with E-state index in [-0.39, 0.29) is 0 Å². The van der Waals surface area contributed by atoms with Crippen LogP contribution in [-0.4, -0.2) is 47.0 Å². The molecule has 1 atom stereocenters. The van der Waals surface area contributed by atoms with Gasteiger partial charge in [-0.2, -0.15) is 0 Å². The van der Waals surface area contributed by atoms with Gasteiger partial charge in [0.05, 0.1) is 0 Å². The summed E-state index contributed by atoms with van der Waals surface area (Å²) in [5.74, 6) is 2.68. The van der Waals surface area contributed by atoms with Crippen LogP contribution in [0.2, 0.25) is 0 Å². The van der Waals surface area contributed by atoms with Crippen LogP contribution in [0.3, 0.4) is 0 Å². The number of aryl methyl sites for hydroxylation is 2. The number of carbonyl (C=O) groups excluding carboxylic acids is 1. The van der Waals surface area contributed by atoms with E-state index in [0.29, 0.717) is 17.2 Å². The van der Waals surface area contributed by atoms with Crippen LogP contribution < -0.4 is 4.90 Å². The van der Waals surface area contributed by atoms with Gasteiger partial charge in [-0.25, -0.2) is 9.97 Å². The number of likely N-dealkylation sites (tertiary alicyclic amines) is 1. The summed E-state index contributed by atoms with van der Waals surface area (Å²) in [6.45, 7) is 10.1. The van der Waals surface area contributed by atoms with Crippen molar-refractivity contribution in [1.82, 2.24) is 14.9 Å². The van der Waals surface area contributed by atoms with Crippen molar-refractivity contribution in [2.45, 2.75) is 52.9 Å². The Kier molecular flexibility index (Phi) is 3.77. The van der Waals surface area contributed by atoms with Gasteiger partial charge in [0, 0.05) is 43.4 Å². The van der Waals surface area contributed by atoms with Gasteiger partial charge in [-0.15, -0.1) is 0 Å². The molecule has 4 rings (SSSR count). The first-order valence-corrected chi connectivity index (χ1v) is 9.36. The molecule has 2 aliphatic heterocycles. The number of hydrogen-bond donors (Lipinski definition) is 0. The van der Waals surface area contributed by atoms with Crippen LogP contribution in [0.4, 0.5) is 5.82 Å². The summed E-state index contributed by atoms with van der Waals surface area (Å²) in [4.78, 5) is 26.3. The minimum absolute atomic E-state index is 0.293. The molecule has 1 saturated carbocycles. The van der Waals surface area contributed by atoms with Crippen molar-refractivity contribution < 1.29 is 4.79 Å². The Hall–Kier alpha value is -1.65. The number of hydrogen-bond acceptors (Lipinski definition) is 4. The van der Waals surface area contributed by atoms with Gasteiger partial charge in [0.15, 0.2) is 0 Å². The van der Waals surface area contributed by atoms with Gasteiger partial charge in [-0.05, 0) is 58.3 Å². The molecule has 5 heteroatoms. The van der Waals surface area contributed by atoms with Crippen LogP contribution in [0.15, 0.2) is 0 Å². The number of amides is 1. The van der Waals surface area contributed by atoms with Crippen LogP contribution >= 0.6 is 0 Å². The summed E-state index contributed by atoms with van der Waals surface area (Å²) in [5, 5.41) is 0. The minimum Gasteiger partial charge on any atom is -0.356 e. The maximum atomic E-state index is 12.7. The van der Waals surface area contributed by atoms with Gasteiger partial charge in [0.25, 0.3) is 0 Å². The zero-order chi connectivity index (χ0) is 16.9. The summed E-state index contributed by atoms with van der Waals surface area (Å²) in [6, 6.07) is 0. The van der Waals surface area contributed by atoms with E-state index < -0.39 is 0 Å². The molecule has 24 heavy (non-hydrogen) atoms. The molecule has 1 spiro atoms. The summed E-state index contributed by atoms with van der Waals surface area (Å²) < 4.78 is 0. The predicted molar refractivity (Wildman–Crippen MR) is 94.0 cm³/mol.